The first-order valence-corrected chi connectivity index (χ1v) is 10.00. The van der Waals surface area contributed by atoms with Crippen LogP contribution in [0.15, 0.2) is 47.6 Å². The summed E-state index contributed by atoms with van der Waals surface area (Å²) in [6.45, 7) is 2.01. The normalized spacial score (nSPS) is 16.6. The molecular weight excluding hydrogens is 354 g/mol. The van der Waals surface area contributed by atoms with Gasteiger partial charge in [-0.25, -0.2) is 13.1 Å². The number of nitrogens with two attached hydrogens (primary N) is 1. The third-order valence-corrected chi connectivity index (χ3v) is 5.87. The number of sulfonamides is 1. The van der Waals surface area contributed by atoms with Crippen LogP contribution in [0.25, 0.3) is 0 Å². The van der Waals surface area contributed by atoms with Crippen LogP contribution in [0.3, 0.4) is 0 Å². The van der Waals surface area contributed by atoms with Crippen molar-refractivity contribution in [2.24, 2.45) is 5.73 Å². The molecule has 3 rings (SSSR count). The molecule has 0 unspecified atom stereocenters. The number of nitrogens with zero attached hydrogens (tertiary/aromatic N) is 3. The smallest absolute Gasteiger partial charge is 0.243 e. The van der Waals surface area contributed by atoms with Crippen molar-refractivity contribution in [3.8, 4) is 0 Å². The molecule has 2 aromatic rings. The van der Waals surface area contributed by atoms with Gasteiger partial charge in [-0.15, -0.1) is 0 Å². The van der Waals surface area contributed by atoms with E-state index in [-0.39, 0.29) is 23.4 Å². The van der Waals surface area contributed by atoms with E-state index >= 15 is 0 Å². The Kier molecular flexibility index (Phi) is 5.70. The number of hydrogen-bond donors (Lipinski definition) is 2. The summed E-state index contributed by atoms with van der Waals surface area (Å²) in [7, 11) is -3.62. The summed E-state index contributed by atoms with van der Waals surface area (Å²) in [6.07, 6.45) is 4.19. The molecule has 0 spiro atoms. The monoisotopic (exact) mass is 377 g/mol. The molecule has 26 heavy (non-hydrogen) atoms. The van der Waals surface area contributed by atoms with E-state index in [1.54, 1.807) is 4.68 Å². The van der Waals surface area contributed by atoms with Crippen LogP contribution in [-0.2, 0) is 21.4 Å². The zero-order valence-corrected chi connectivity index (χ0v) is 15.2. The number of carbonyl (C=O) groups excluding carboxylic acids is 1. The SMILES string of the molecule is NC(=O)CN1CCC(NS(=O)(=O)c2cnn(Cc3ccccc3)c2)CC1. The highest BCUT2D eigenvalue weighted by molar-refractivity contribution is 7.89. The van der Waals surface area contributed by atoms with Crippen molar-refractivity contribution in [1.82, 2.24) is 19.4 Å². The average molecular weight is 377 g/mol. The fourth-order valence-electron chi connectivity index (χ4n) is 3.06. The number of aromatic nitrogens is 2. The summed E-state index contributed by atoms with van der Waals surface area (Å²) in [5, 5.41) is 4.15. The van der Waals surface area contributed by atoms with Gasteiger partial charge in [0, 0.05) is 25.3 Å². The Morgan fingerprint density at radius 1 is 1.23 bits per heavy atom. The highest BCUT2D eigenvalue weighted by Crippen LogP contribution is 2.15. The molecule has 2 heterocycles. The van der Waals surface area contributed by atoms with Crippen LogP contribution in [0, 0.1) is 0 Å². The van der Waals surface area contributed by atoms with Gasteiger partial charge >= 0.3 is 0 Å². The molecule has 1 aromatic heterocycles. The van der Waals surface area contributed by atoms with Crippen LogP contribution < -0.4 is 10.5 Å². The predicted octanol–water partition coefficient (Wildman–Crippen LogP) is 0.159. The van der Waals surface area contributed by atoms with Crippen molar-refractivity contribution in [2.75, 3.05) is 19.6 Å². The van der Waals surface area contributed by atoms with Crippen molar-refractivity contribution in [2.45, 2.75) is 30.3 Å². The number of rotatable bonds is 7. The largest absolute Gasteiger partial charge is 0.369 e. The van der Waals surface area contributed by atoms with Gasteiger partial charge in [-0.2, -0.15) is 5.10 Å². The minimum Gasteiger partial charge on any atom is -0.369 e. The minimum atomic E-state index is -3.62. The molecule has 0 atom stereocenters. The highest BCUT2D eigenvalue weighted by Gasteiger charge is 2.26. The first kappa shape index (κ1) is 18.6. The van der Waals surface area contributed by atoms with Crippen LogP contribution in [-0.4, -0.2) is 54.7 Å². The van der Waals surface area contributed by atoms with E-state index < -0.39 is 10.0 Å². The minimum absolute atomic E-state index is 0.151. The molecule has 0 saturated carbocycles. The van der Waals surface area contributed by atoms with Gasteiger partial charge in [0.2, 0.25) is 15.9 Å². The summed E-state index contributed by atoms with van der Waals surface area (Å²) < 4.78 is 29.5. The molecule has 9 heteroatoms. The van der Waals surface area contributed by atoms with E-state index in [4.69, 9.17) is 5.73 Å². The molecule has 1 aromatic carbocycles. The number of piperidine rings is 1. The molecule has 0 aliphatic carbocycles. The lowest BCUT2D eigenvalue weighted by atomic mass is 10.1. The molecule has 1 fully saturated rings. The highest BCUT2D eigenvalue weighted by atomic mass is 32.2. The Bertz CT molecular complexity index is 842. The lowest BCUT2D eigenvalue weighted by Gasteiger charge is -2.31. The fourth-order valence-corrected chi connectivity index (χ4v) is 4.31. The van der Waals surface area contributed by atoms with E-state index in [2.05, 4.69) is 9.82 Å². The number of nitrogens with one attached hydrogen (secondary N) is 1. The second-order valence-corrected chi connectivity index (χ2v) is 8.21. The van der Waals surface area contributed by atoms with Crippen LogP contribution >= 0.6 is 0 Å². The predicted molar refractivity (Wildman–Crippen MR) is 96.7 cm³/mol. The number of likely N-dealkylation sites (tertiary alicyclic amines) is 1. The number of carbonyl (C=O) groups is 1. The Balaban J connectivity index is 1.58. The van der Waals surface area contributed by atoms with Gasteiger partial charge in [-0.05, 0) is 18.4 Å². The van der Waals surface area contributed by atoms with E-state index in [0.29, 0.717) is 32.5 Å². The van der Waals surface area contributed by atoms with Gasteiger partial charge in [0.25, 0.3) is 0 Å². The van der Waals surface area contributed by atoms with Crippen LogP contribution in [0.5, 0.6) is 0 Å². The molecular formula is C17H23N5O3S. The summed E-state index contributed by atoms with van der Waals surface area (Å²) in [5.74, 6) is -0.366. The summed E-state index contributed by atoms with van der Waals surface area (Å²) in [4.78, 5) is 13.1. The van der Waals surface area contributed by atoms with Crippen molar-refractivity contribution in [3.05, 3.63) is 48.3 Å². The van der Waals surface area contributed by atoms with Gasteiger partial charge in [0.05, 0.1) is 19.3 Å². The maximum Gasteiger partial charge on any atom is 0.243 e. The molecule has 1 aliphatic heterocycles. The summed E-state index contributed by atoms with van der Waals surface area (Å²) in [5.41, 5.74) is 6.24. The third-order valence-electron chi connectivity index (χ3n) is 4.40. The molecule has 1 aliphatic rings. The van der Waals surface area contributed by atoms with Crippen molar-refractivity contribution >= 4 is 15.9 Å². The Morgan fingerprint density at radius 2 is 1.92 bits per heavy atom. The second kappa shape index (κ2) is 7.98. The number of primary amides is 1. The molecule has 140 valence electrons. The van der Waals surface area contributed by atoms with Gasteiger partial charge in [0.1, 0.15) is 4.90 Å². The van der Waals surface area contributed by atoms with Gasteiger partial charge < -0.3 is 5.73 Å². The molecule has 0 bridgehead atoms. The Labute approximate surface area is 153 Å². The summed E-state index contributed by atoms with van der Waals surface area (Å²) in [6, 6.07) is 9.58. The summed E-state index contributed by atoms with van der Waals surface area (Å²) >= 11 is 0. The van der Waals surface area contributed by atoms with Crippen LogP contribution in [0.2, 0.25) is 0 Å². The maximum absolute atomic E-state index is 12.6. The zero-order valence-electron chi connectivity index (χ0n) is 14.4. The average Bonchev–Trinajstić information content (AvgIpc) is 3.06. The van der Waals surface area contributed by atoms with Crippen molar-refractivity contribution in [3.63, 3.8) is 0 Å². The van der Waals surface area contributed by atoms with E-state index in [1.807, 2.05) is 35.2 Å². The van der Waals surface area contributed by atoms with Crippen molar-refractivity contribution < 1.29 is 13.2 Å². The van der Waals surface area contributed by atoms with Gasteiger partial charge in [0.15, 0.2) is 0 Å². The lowest BCUT2D eigenvalue weighted by Crippen LogP contribution is -2.46. The number of hydrogen-bond acceptors (Lipinski definition) is 5. The molecule has 1 saturated heterocycles. The van der Waals surface area contributed by atoms with Crippen molar-refractivity contribution in [1.29, 1.82) is 0 Å². The zero-order chi connectivity index (χ0) is 18.6. The van der Waals surface area contributed by atoms with E-state index in [0.717, 1.165) is 5.56 Å². The van der Waals surface area contributed by atoms with Gasteiger partial charge in [-0.1, -0.05) is 30.3 Å². The van der Waals surface area contributed by atoms with Crippen LogP contribution in [0.1, 0.15) is 18.4 Å². The van der Waals surface area contributed by atoms with Gasteiger partial charge in [-0.3, -0.25) is 14.4 Å². The van der Waals surface area contributed by atoms with E-state index in [1.165, 1.54) is 12.4 Å². The Morgan fingerprint density at radius 3 is 2.58 bits per heavy atom. The standard InChI is InChI=1S/C17H23N5O3S/c18-17(23)13-21-8-6-15(7-9-21)20-26(24,25)16-10-19-22(12-16)11-14-4-2-1-3-5-14/h1-5,10,12,15,20H,6-9,11,13H2,(H2,18,23). The first-order chi connectivity index (χ1) is 12.4. The molecule has 1 amide bonds. The second-order valence-electron chi connectivity index (χ2n) is 6.50. The molecule has 3 N–H and O–H groups in total. The quantitative estimate of drug-likeness (QED) is 0.714. The number of benzene rings is 1. The lowest BCUT2D eigenvalue weighted by molar-refractivity contribution is -0.119. The van der Waals surface area contributed by atoms with Crippen LogP contribution in [0.4, 0.5) is 0 Å². The third kappa shape index (κ3) is 4.90. The van der Waals surface area contributed by atoms with E-state index in [9.17, 15) is 13.2 Å². The first-order valence-electron chi connectivity index (χ1n) is 8.52. The Hall–Kier alpha value is -2.23. The topological polar surface area (TPSA) is 110 Å². The fraction of sp³-hybridized carbons (Fsp3) is 0.412. The molecule has 0 radical (unpaired) electrons. The number of amides is 1. The maximum atomic E-state index is 12.6. The molecule has 8 nitrogen and oxygen atoms in total.